The van der Waals surface area contributed by atoms with Crippen molar-refractivity contribution in [2.24, 2.45) is 0 Å². The number of carbonyl (C=O) groups excluding carboxylic acids is 1. The smallest absolute Gasteiger partial charge is 0.264 e. The third-order valence-corrected chi connectivity index (χ3v) is 4.44. The fourth-order valence-corrected chi connectivity index (χ4v) is 2.91. The summed E-state index contributed by atoms with van der Waals surface area (Å²) in [7, 11) is 0.950. The van der Waals surface area contributed by atoms with E-state index < -0.39 is 25.7 Å². The second-order valence-corrected chi connectivity index (χ2v) is 7.59. The average Bonchev–Trinajstić information content (AvgIpc) is 2.37. The molecule has 0 fully saturated rings. The molecule has 1 amide bonds. The maximum absolute atomic E-state index is 13.8. The van der Waals surface area contributed by atoms with Gasteiger partial charge in [-0.05, 0) is 38.0 Å². The highest BCUT2D eigenvalue weighted by Gasteiger charge is 2.21. The van der Waals surface area contributed by atoms with Gasteiger partial charge >= 0.3 is 0 Å². The van der Waals surface area contributed by atoms with Crippen LogP contribution in [0.2, 0.25) is 0 Å². The number of nitrogens with one attached hydrogen (secondary N) is 1. The Labute approximate surface area is 129 Å². The molecule has 7 heteroatoms. The van der Waals surface area contributed by atoms with Crippen LogP contribution in [0.1, 0.15) is 49.0 Å². The lowest BCUT2D eigenvalue weighted by Gasteiger charge is -2.14. The number of amides is 1. The number of rotatable bonds is 6. The van der Waals surface area contributed by atoms with E-state index in [4.69, 9.17) is 10.7 Å². The Bertz CT molecular complexity index is 631. The maximum Gasteiger partial charge on any atom is 0.264 e. The fourth-order valence-electron chi connectivity index (χ4n) is 1.94. The fraction of sp³-hybridized carbons (Fsp3) is 0.500. The number of hydrogen-bond acceptors (Lipinski definition) is 3. The van der Waals surface area contributed by atoms with Crippen molar-refractivity contribution in [3.8, 4) is 0 Å². The van der Waals surface area contributed by atoms with Gasteiger partial charge < -0.3 is 5.32 Å². The highest BCUT2D eigenvalue weighted by atomic mass is 35.7. The number of benzene rings is 1. The van der Waals surface area contributed by atoms with E-state index in [1.807, 2.05) is 6.92 Å². The first kappa shape index (κ1) is 17.9. The maximum atomic E-state index is 13.8. The number of carbonyl (C=O) groups is 1. The van der Waals surface area contributed by atoms with Gasteiger partial charge in [-0.25, -0.2) is 12.8 Å². The Morgan fingerprint density at radius 2 is 2.05 bits per heavy atom. The van der Waals surface area contributed by atoms with Crippen LogP contribution in [0.3, 0.4) is 0 Å². The van der Waals surface area contributed by atoms with Gasteiger partial charge in [-0.1, -0.05) is 19.8 Å². The van der Waals surface area contributed by atoms with E-state index in [1.54, 1.807) is 0 Å². The van der Waals surface area contributed by atoms with Crippen molar-refractivity contribution in [2.75, 3.05) is 0 Å². The van der Waals surface area contributed by atoms with Crippen LogP contribution in [0.5, 0.6) is 0 Å². The van der Waals surface area contributed by atoms with Crippen molar-refractivity contribution in [3.63, 3.8) is 0 Å². The molecule has 0 aliphatic heterocycles. The van der Waals surface area contributed by atoms with Gasteiger partial charge in [-0.3, -0.25) is 4.79 Å². The minimum Gasteiger partial charge on any atom is -0.350 e. The average molecular weight is 336 g/mol. The zero-order chi connectivity index (χ0) is 16.2. The number of hydrogen-bond donors (Lipinski definition) is 1. The Balaban J connectivity index is 3.04. The van der Waals surface area contributed by atoms with E-state index in [-0.39, 0.29) is 17.2 Å². The Hall–Kier alpha value is -1.14. The van der Waals surface area contributed by atoms with Gasteiger partial charge in [0.15, 0.2) is 0 Å². The van der Waals surface area contributed by atoms with Crippen molar-refractivity contribution in [3.05, 3.63) is 29.1 Å². The van der Waals surface area contributed by atoms with Crippen molar-refractivity contribution < 1.29 is 17.6 Å². The molecule has 0 saturated carbocycles. The quantitative estimate of drug-likeness (QED) is 0.811. The van der Waals surface area contributed by atoms with Gasteiger partial charge in [0, 0.05) is 22.3 Å². The molecule has 0 spiro atoms. The number of unbranched alkanes of at least 4 members (excludes halogenated alkanes) is 1. The van der Waals surface area contributed by atoms with E-state index in [0.717, 1.165) is 25.3 Å². The molecule has 0 aromatic heterocycles. The molecule has 4 nitrogen and oxygen atoms in total. The highest BCUT2D eigenvalue weighted by molar-refractivity contribution is 8.13. The molecule has 21 heavy (non-hydrogen) atoms. The van der Waals surface area contributed by atoms with E-state index >= 15 is 0 Å². The predicted molar refractivity (Wildman–Crippen MR) is 80.6 cm³/mol. The normalized spacial score (nSPS) is 13.0. The van der Waals surface area contributed by atoms with Crippen LogP contribution in [0.25, 0.3) is 0 Å². The summed E-state index contributed by atoms with van der Waals surface area (Å²) in [5.41, 5.74) is 0.138. The lowest BCUT2D eigenvalue weighted by atomic mass is 10.1. The van der Waals surface area contributed by atoms with Gasteiger partial charge in [0.1, 0.15) is 10.7 Å². The third-order valence-electron chi connectivity index (χ3n) is 3.11. The molecule has 0 aliphatic carbocycles. The third kappa shape index (κ3) is 4.97. The zero-order valence-electron chi connectivity index (χ0n) is 12.2. The Morgan fingerprint density at radius 1 is 1.43 bits per heavy atom. The molecule has 1 atom stereocenters. The van der Waals surface area contributed by atoms with Gasteiger partial charge in [0.25, 0.3) is 15.0 Å². The van der Waals surface area contributed by atoms with Gasteiger partial charge in [0.2, 0.25) is 0 Å². The van der Waals surface area contributed by atoms with Crippen LogP contribution in [0, 0.1) is 12.7 Å². The van der Waals surface area contributed by atoms with E-state index in [0.29, 0.717) is 0 Å². The summed E-state index contributed by atoms with van der Waals surface area (Å²) >= 11 is 0. The summed E-state index contributed by atoms with van der Waals surface area (Å²) in [6, 6.07) is 2.23. The molecule has 0 bridgehead atoms. The molecule has 1 rings (SSSR count). The Kier molecular flexibility index (Phi) is 6.16. The second-order valence-electron chi connectivity index (χ2n) is 5.06. The highest BCUT2D eigenvalue weighted by Crippen LogP contribution is 2.23. The van der Waals surface area contributed by atoms with Crippen LogP contribution >= 0.6 is 10.7 Å². The molecular formula is C14H19ClFNO3S. The van der Waals surface area contributed by atoms with Gasteiger partial charge in [0.05, 0.1) is 0 Å². The largest absolute Gasteiger partial charge is 0.350 e. The summed E-state index contributed by atoms with van der Waals surface area (Å²) in [4.78, 5) is 11.4. The molecular weight excluding hydrogens is 317 g/mol. The number of halogens is 2. The summed E-state index contributed by atoms with van der Waals surface area (Å²) in [6.07, 6.45) is 2.82. The van der Waals surface area contributed by atoms with E-state index in [2.05, 4.69) is 12.2 Å². The monoisotopic (exact) mass is 335 g/mol. The lowest BCUT2D eigenvalue weighted by molar-refractivity contribution is 0.0937. The first-order chi connectivity index (χ1) is 9.66. The molecule has 1 aromatic carbocycles. The van der Waals surface area contributed by atoms with Crippen molar-refractivity contribution in [1.82, 2.24) is 5.32 Å². The minimum absolute atomic E-state index is 0.0427. The van der Waals surface area contributed by atoms with Crippen LogP contribution < -0.4 is 5.32 Å². The second kappa shape index (κ2) is 7.22. The molecule has 0 aliphatic rings. The van der Waals surface area contributed by atoms with E-state index in [9.17, 15) is 17.6 Å². The minimum atomic E-state index is -4.24. The van der Waals surface area contributed by atoms with Crippen molar-refractivity contribution >= 4 is 25.6 Å². The van der Waals surface area contributed by atoms with E-state index in [1.165, 1.54) is 13.0 Å². The summed E-state index contributed by atoms with van der Waals surface area (Å²) < 4.78 is 36.5. The molecule has 118 valence electrons. The topological polar surface area (TPSA) is 63.2 Å². The van der Waals surface area contributed by atoms with Gasteiger partial charge in [-0.15, -0.1) is 0 Å². The first-order valence-electron chi connectivity index (χ1n) is 6.72. The standard InChI is InChI=1S/C14H19ClFNO3S/c1-4-5-6-10(3)17-14(18)11-7-9(2)13(16)12(8-11)21(15,19)20/h7-8,10H,4-6H2,1-3H3,(H,17,18). The molecule has 1 unspecified atom stereocenters. The molecule has 0 saturated heterocycles. The van der Waals surface area contributed by atoms with Crippen LogP contribution in [0.15, 0.2) is 17.0 Å². The van der Waals surface area contributed by atoms with Gasteiger partial charge in [-0.2, -0.15) is 0 Å². The first-order valence-corrected chi connectivity index (χ1v) is 9.03. The molecule has 1 aromatic rings. The predicted octanol–water partition coefficient (Wildman–Crippen LogP) is 3.37. The van der Waals surface area contributed by atoms with Crippen LogP contribution in [-0.4, -0.2) is 20.4 Å². The SMILES string of the molecule is CCCCC(C)NC(=O)c1cc(C)c(F)c(S(=O)(=O)Cl)c1. The lowest BCUT2D eigenvalue weighted by Crippen LogP contribution is -2.32. The molecule has 1 N–H and O–H groups in total. The summed E-state index contributed by atoms with van der Waals surface area (Å²) in [5, 5.41) is 2.76. The summed E-state index contributed by atoms with van der Waals surface area (Å²) in [6.45, 7) is 5.30. The number of aryl methyl sites for hydroxylation is 1. The van der Waals surface area contributed by atoms with Crippen LogP contribution in [-0.2, 0) is 9.05 Å². The molecule has 0 heterocycles. The molecule has 0 radical (unpaired) electrons. The Morgan fingerprint density at radius 3 is 2.57 bits per heavy atom. The van der Waals surface area contributed by atoms with Crippen molar-refractivity contribution in [2.45, 2.75) is 51.0 Å². The summed E-state index contributed by atoms with van der Waals surface area (Å²) in [5.74, 6) is -1.37. The van der Waals surface area contributed by atoms with Crippen molar-refractivity contribution in [1.29, 1.82) is 0 Å². The van der Waals surface area contributed by atoms with Crippen LogP contribution in [0.4, 0.5) is 4.39 Å². The zero-order valence-corrected chi connectivity index (χ0v) is 13.8.